The Bertz CT molecular complexity index is 1980. The number of allylic oxidation sites excluding steroid dienone is 1. The molecule has 2 saturated carbocycles. The first-order valence-corrected chi connectivity index (χ1v) is 19.5. The maximum absolute atomic E-state index is 14.9. The molecule has 6 aliphatic rings. The number of ketones is 1. The van der Waals surface area contributed by atoms with Crippen LogP contribution < -0.4 is 0 Å². The summed E-state index contributed by atoms with van der Waals surface area (Å²) in [6.07, 6.45) is 8.98. The van der Waals surface area contributed by atoms with E-state index in [2.05, 4.69) is 71.8 Å². The molecule has 0 spiro atoms. The molecule has 274 valence electrons. The number of amides is 1. The number of rotatable bonds is 5. The molecule has 1 aromatic carbocycles. The summed E-state index contributed by atoms with van der Waals surface area (Å²) in [5, 5.41) is 25.1. The van der Waals surface area contributed by atoms with Crippen molar-refractivity contribution in [3.8, 4) is 0 Å². The highest BCUT2D eigenvalue weighted by molar-refractivity contribution is 6.18. The lowest BCUT2D eigenvalue weighted by Crippen LogP contribution is -2.62. The smallest absolute Gasteiger partial charge is 0.246 e. The van der Waals surface area contributed by atoms with E-state index < -0.39 is 34.9 Å². The molecule has 3 heterocycles. The second-order valence-corrected chi connectivity index (χ2v) is 18.7. The topological polar surface area (TPSA) is 92.0 Å². The number of Topliss-reactive ketones (excluding diaryl/α,β-unsaturated/α-hetero) is 1. The van der Waals surface area contributed by atoms with Gasteiger partial charge >= 0.3 is 0 Å². The number of benzene rings is 1. The number of ether oxygens (including phenoxy) is 1. The first-order chi connectivity index (χ1) is 23.8. The molecule has 2 unspecified atom stereocenters. The van der Waals surface area contributed by atoms with Crippen LogP contribution in [0, 0.1) is 28.6 Å². The van der Waals surface area contributed by atoms with Crippen molar-refractivity contribution >= 4 is 28.2 Å². The van der Waals surface area contributed by atoms with Gasteiger partial charge in [-0.1, -0.05) is 39.0 Å². The van der Waals surface area contributed by atoms with Crippen molar-refractivity contribution in [2.75, 3.05) is 13.1 Å². The maximum Gasteiger partial charge on any atom is 0.246 e. The Labute approximate surface area is 303 Å². The predicted octanol–water partition coefficient (Wildman–Crippen LogP) is 8.02. The lowest BCUT2D eigenvalue weighted by atomic mass is 9.40. The number of aliphatic hydroxyl groups excluding tert-OH is 2. The van der Waals surface area contributed by atoms with E-state index in [1.807, 2.05) is 31.7 Å². The average Bonchev–Trinajstić information content (AvgIpc) is 3.71. The van der Waals surface area contributed by atoms with Crippen LogP contribution in [0.1, 0.15) is 140 Å². The number of likely N-dealkylation sites (N-methyl/N-ethyl adjacent to an activating group) is 1. The highest BCUT2D eigenvalue weighted by Gasteiger charge is 2.68. The van der Waals surface area contributed by atoms with Gasteiger partial charge in [-0.2, -0.15) is 0 Å². The molecule has 7 nitrogen and oxygen atoms in total. The van der Waals surface area contributed by atoms with Crippen LogP contribution in [0.5, 0.6) is 0 Å². The van der Waals surface area contributed by atoms with Gasteiger partial charge in [-0.05, 0) is 133 Å². The Morgan fingerprint density at radius 2 is 1.76 bits per heavy atom. The SMILES string of the molecule is C=C(C)[C@H]1C(=O)c2c3c(cc4c5c(n1c24)[C@@]1(C)C(CC[C@H]2[C@](C)(/C=C/C(=O)N(CC)CC)[C@@H](O)CC[C@@]21C)C5)C1=CC(C)(C)OC(C)(C)C1[C@@H]3O. The zero-order valence-corrected chi connectivity index (χ0v) is 32.4. The fourth-order valence-corrected chi connectivity index (χ4v) is 13.0. The summed E-state index contributed by atoms with van der Waals surface area (Å²) in [4.78, 5) is 29.9. The van der Waals surface area contributed by atoms with Crippen LogP contribution in [0.25, 0.3) is 16.5 Å². The third-order valence-electron chi connectivity index (χ3n) is 15.3. The number of hydrogen-bond donors (Lipinski definition) is 2. The summed E-state index contributed by atoms with van der Waals surface area (Å²) in [5.41, 5.74) is 5.67. The van der Waals surface area contributed by atoms with Crippen molar-refractivity contribution in [3.05, 3.63) is 64.4 Å². The normalized spacial score (nSPS) is 38.3. The molecular formula is C44H58N2O5. The van der Waals surface area contributed by atoms with Crippen molar-refractivity contribution < 1.29 is 24.5 Å². The predicted molar refractivity (Wildman–Crippen MR) is 202 cm³/mol. The minimum atomic E-state index is -0.853. The van der Waals surface area contributed by atoms with Crippen molar-refractivity contribution in [1.29, 1.82) is 0 Å². The van der Waals surface area contributed by atoms with E-state index >= 15 is 0 Å². The Morgan fingerprint density at radius 1 is 1.08 bits per heavy atom. The number of hydrogen-bond acceptors (Lipinski definition) is 5. The van der Waals surface area contributed by atoms with E-state index in [1.165, 1.54) is 11.3 Å². The first kappa shape index (κ1) is 35.1. The van der Waals surface area contributed by atoms with Gasteiger partial charge in [0, 0.05) is 46.5 Å². The standard InChI is InChI=1S/C44H58N2O5/c1-12-45(13-2)31(48)17-18-42(9)29-15-14-24-20-27-26-21-25-28-22-40(5,6)51-41(7,8)34(28)37(49)32(25)33-36(26)46(35(23(3)4)38(33)50)39(27)44(24,11)43(29,10)19-16-30(42)47/h17-18,21-22,24,29-30,34-35,37,47,49H,3,12-16,19-20H2,1-2,4-11H3/b18-17+/t24?,29-,30-,34?,35-,37+,42-,43-,44+/m0/s1. The second-order valence-electron chi connectivity index (χ2n) is 18.7. The van der Waals surface area contributed by atoms with Crippen LogP contribution in [0.15, 0.2) is 36.4 Å². The Morgan fingerprint density at radius 3 is 2.41 bits per heavy atom. The molecular weight excluding hydrogens is 636 g/mol. The second kappa shape index (κ2) is 10.8. The van der Waals surface area contributed by atoms with Crippen LogP contribution in [0.3, 0.4) is 0 Å². The third kappa shape index (κ3) is 4.23. The van der Waals surface area contributed by atoms with Gasteiger partial charge in [0.25, 0.3) is 0 Å². The minimum Gasteiger partial charge on any atom is -0.392 e. The molecule has 2 aliphatic heterocycles. The van der Waals surface area contributed by atoms with E-state index in [9.17, 15) is 19.8 Å². The van der Waals surface area contributed by atoms with Crippen LogP contribution >= 0.6 is 0 Å². The molecule has 0 bridgehead atoms. The van der Waals surface area contributed by atoms with Crippen molar-refractivity contribution in [2.45, 2.75) is 136 Å². The van der Waals surface area contributed by atoms with Gasteiger partial charge in [-0.15, -0.1) is 0 Å². The van der Waals surface area contributed by atoms with Gasteiger partial charge in [-0.25, -0.2) is 0 Å². The van der Waals surface area contributed by atoms with Gasteiger partial charge < -0.3 is 24.4 Å². The zero-order valence-electron chi connectivity index (χ0n) is 32.4. The van der Waals surface area contributed by atoms with Gasteiger partial charge in [0.1, 0.15) is 6.04 Å². The molecule has 9 atom stereocenters. The summed E-state index contributed by atoms with van der Waals surface area (Å²) in [7, 11) is 0. The maximum atomic E-state index is 14.9. The molecule has 7 heteroatoms. The number of fused-ring (bicyclic) bond motifs is 11. The van der Waals surface area contributed by atoms with E-state index in [1.54, 1.807) is 6.08 Å². The summed E-state index contributed by atoms with van der Waals surface area (Å²) >= 11 is 0. The molecule has 51 heavy (non-hydrogen) atoms. The molecule has 2 N–H and O–H groups in total. The number of nitrogens with zero attached hydrogens (tertiary/aromatic N) is 2. The van der Waals surface area contributed by atoms with Gasteiger partial charge in [0.15, 0.2) is 5.78 Å². The molecule has 2 fully saturated rings. The first-order valence-electron chi connectivity index (χ1n) is 19.5. The summed E-state index contributed by atoms with van der Waals surface area (Å²) < 4.78 is 8.89. The largest absolute Gasteiger partial charge is 0.392 e. The molecule has 0 saturated heterocycles. The number of aliphatic hydroxyl groups is 2. The van der Waals surface area contributed by atoms with Crippen LogP contribution in [0.2, 0.25) is 0 Å². The fraction of sp³-hybridized carbons (Fsp3) is 0.636. The lowest BCUT2D eigenvalue weighted by Gasteiger charge is -2.64. The highest BCUT2D eigenvalue weighted by Crippen LogP contribution is 2.71. The van der Waals surface area contributed by atoms with Crippen LogP contribution in [0.4, 0.5) is 0 Å². The van der Waals surface area contributed by atoms with Gasteiger partial charge in [-0.3, -0.25) is 9.59 Å². The van der Waals surface area contributed by atoms with Crippen molar-refractivity contribution in [3.63, 3.8) is 0 Å². The minimum absolute atomic E-state index is 0.00555. The average molecular weight is 695 g/mol. The van der Waals surface area contributed by atoms with E-state index in [0.29, 0.717) is 31.0 Å². The van der Waals surface area contributed by atoms with E-state index in [4.69, 9.17) is 4.74 Å². The monoisotopic (exact) mass is 694 g/mol. The quantitative estimate of drug-likeness (QED) is 0.244. The third-order valence-corrected chi connectivity index (χ3v) is 15.3. The van der Waals surface area contributed by atoms with Gasteiger partial charge in [0.2, 0.25) is 5.91 Å². The van der Waals surface area contributed by atoms with Crippen molar-refractivity contribution in [1.82, 2.24) is 9.47 Å². The number of carbonyl (C=O) groups is 2. The zero-order chi connectivity index (χ0) is 37.0. The van der Waals surface area contributed by atoms with E-state index in [-0.39, 0.29) is 34.4 Å². The Balaban J connectivity index is 1.34. The van der Waals surface area contributed by atoms with E-state index in [0.717, 1.165) is 58.9 Å². The molecule has 8 rings (SSSR count). The fourth-order valence-electron chi connectivity index (χ4n) is 13.0. The molecule has 1 amide bonds. The summed E-state index contributed by atoms with van der Waals surface area (Å²) in [6.45, 7) is 27.0. The Hall–Kier alpha value is -3.00. The molecule has 0 radical (unpaired) electrons. The summed E-state index contributed by atoms with van der Waals surface area (Å²) in [6, 6.07) is 1.77. The van der Waals surface area contributed by atoms with Gasteiger partial charge in [0.05, 0.1) is 34.5 Å². The molecule has 1 aromatic heterocycles. The van der Waals surface area contributed by atoms with Crippen LogP contribution in [-0.4, -0.2) is 61.8 Å². The van der Waals surface area contributed by atoms with Crippen LogP contribution in [-0.2, 0) is 21.4 Å². The highest BCUT2D eigenvalue weighted by atomic mass is 16.5. The number of aromatic nitrogens is 1. The summed E-state index contributed by atoms with van der Waals surface area (Å²) in [5.74, 6) is 0.277. The van der Waals surface area contributed by atoms with Crippen molar-refractivity contribution in [2.24, 2.45) is 28.6 Å². The molecule has 2 aromatic rings. The Kier molecular flexibility index (Phi) is 7.42. The molecule has 4 aliphatic carbocycles. The lowest BCUT2D eigenvalue weighted by molar-refractivity contribution is -0.145. The number of carbonyl (C=O) groups excluding carboxylic acids is 2.